The van der Waals surface area contributed by atoms with Gasteiger partial charge in [0.15, 0.2) is 0 Å². The number of hydrogen-bond acceptors (Lipinski definition) is 1. The van der Waals surface area contributed by atoms with Gasteiger partial charge in [0.25, 0.3) is 0 Å². The Labute approximate surface area is 98.7 Å². The first kappa shape index (κ1) is 11.6. The van der Waals surface area contributed by atoms with Crippen molar-refractivity contribution in [2.45, 2.75) is 46.1 Å². The molecule has 0 bridgehead atoms. The van der Waals surface area contributed by atoms with Gasteiger partial charge < -0.3 is 5.32 Å². The number of carbonyl (C=O) groups excluding carboxylic acids is 1. The summed E-state index contributed by atoms with van der Waals surface area (Å²) in [5.74, 6) is 1.08. The molecule has 0 heterocycles. The van der Waals surface area contributed by atoms with Crippen molar-refractivity contribution in [3.8, 4) is 0 Å². The van der Waals surface area contributed by atoms with Crippen LogP contribution in [0.2, 0.25) is 0 Å². The van der Waals surface area contributed by atoms with Gasteiger partial charge in [0, 0.05) is 12.1 Å². The smallest absolute Gasteiger partial charge is 0.246 e. The van der Waals surface area contributed by atoms with E-state index in [1.807, 2.05) is 0 Å². The molecule has 0 aromatic carbocycles. The summed E-state index contributed by atoms with van der Waals surface area (Å²) in [6.07, 6.45) is 2.76. The average Bonchev–Trinajstić information content (AvgIpc) is 2.15. The Morgan fingerprint density at radius 1 is 1.56 bits per heavy atom. The first-order valence-electron chi connectivity index (χ1n) is 6.54. The zero-order chi connectivity index (χ0) is 13.0. The lowest BCUT2D eigenvalue weighted by atomic mass is 9.74. The summed E-state index contributed by atoms with van der Waals surface area (Å²) < 4.78 is 18.9. The summed E-state index contributed by atoms with van der Waals surface area (Å²) in [5, 5.41) is 2.84. The molecule has 1 aliphatic carbocycles. The second kappa shape index (κ2) is 6.02. The van der Waals surface area contributed by atoms with Crippen LogP contribution < -0.4 is 5.32 Å². The molecule has 0 aromatic rings. The predicted molar refractivity (Wildman–Crippen MR) is 63.5 cm³/mol. The van der Waals surface area contributed by atoms with Gasteiger partial charge in [0.05, 0.1) is 7.68 Å². The van der Waals surface area contributed by atoms with E-state index in [1.165, 1.54) is 6.42 Å². The first-order valence-corrected chi connectivity index (χ1v) is 6.04. The standard InChI is InChI=1S/C13H22FNO/c1-9(2)11-5-4-10(3)8-12(11)15-13(16)6-7-14/h6-7,9-12H,4-5,8H2,1-3H3,(H,15,16)/i7D. The number of halogens is 1. The van der Waals surface area contributed by atoms with Gasteiger partial charge in [-0.3, -0.25) is 4.79 Å². The molecule has 0 spiro atoms. The quantitative estimate of drug-likeness (QED) is 0.739. The van der Waals surface area contributed by atoms with E-state index in [2.05, 4.69) is 26.1 Å². The van der Waals surface area contributed by atoms with Crippen LogP contribution in [0.4, 0.5) is 4.39 Å². The van der Waals surface area contributed by atoms with Gasteiger partial charge in [0.2, 0.25) is 5.91 Å². The molecule has 16 heavy (non-hydrogen) atoms. The Balaban J connectivity index is 2.64. The molecule has 0 aliphatic heterocycles. The Morgan fingerprint density at radius 2 is 2.25 bits per heavy atom. The second-order valence-corrected chi connectivity index (χ2v) is 5.19. The third-order valence-electron chi connectivity index (χ3n) is 3.54. The molecule has 1 N–H and O–H groups in total. The number of amides is 1. The number of nitrogens with one attached hydrogen (secondary N) is 1. The SMILES string of the molecule is [2H]C(F)=CC(=O)NC1CC(C)CCC1C(C)C. The highest BCUT2D eigenvalue weighted by Gasteiger charge is 2.31. The molecule has 0 saturated heterocycles. The maximum Gasteiger partial charge on any atom is 0.246 e. The Hall–Kier alpha value is -0.860. The minimum Gasteiger partial charge on any atom is -0.349 e. The zero-order valence-corrected chi connectivity index (χ0v) is 10.3. The zero-order valence-electron chi connectivity index (χ0n) is 11.3. The Kier molecular flexibility index (Phi) is 4.37. The molecule has 3 unspecified atom stereocenters. The minimum atomic E-state index is -1.19. The van der Waals surface area contributed by atoms with E-state index in [0.717, 1.165) is 12.8 Å². The van der Waals surface area contributed by atoms with Crippen LogP contribution in [0.3, 0.4) is 0 Å². The molecule has 1 amide bonds. The third-order valence-corrected chi connectivity index (χ3v) is 3.54. The van der Waals surface area contributed by atoms with Crippen LogP contribution >= 0.6 is 0 Å². The molecular formula is C13H22FNO. The molecule has 0 radical (unpaired) electrons. The lowest BCUT2D eigenvalue weighted by Gasteiger charge is -2.37. The van der Waals surface area contributed by atoms with E-state index < -0.39 is 12.2 Å². The highest BCUT2D eigenvalue weighted by atomic mass is 19.1. The van der Waals surface area contributed by atoms with Crippen LogP contribution in [0, 0.1) is 17.8 Å². The van der Waals surface area contributed by atoms with Gasteiger partial charge in [-0.1, -0.05) is 27.2 Å². The molecule has 1 aliphatic rings. The van der Waals surface area contributed by atoms with Crippen molar-refractivity contribution >= 4 is 5.91 Å². The van der Waals surface area contributed by atoms with Crippen LogP contribution in [-0.4, -0.2) is 11.9 Å². The molecule has 92 valence electrons. The van der Waals surface area contributed by atoms with E-state index in [9.17, 15) is 9.18 Å². The summed E-state index contributed by atoms with van der Waals surface area (Å²) in [6, 6.07) is 0.113. The molecule has 1 rings (SSSR count). The van der Waals surface area contributed by atoms with E-state index in [4.69, 9.17) is 1.37 Å². The van der Waals surface area contributed by atoms with Gasteiger partial charge in [-0.15, -0.1) is 0 Å². The van der Waals surface area contributed by atoms with Crippen molar-refractivity contribution in [3.05, 3.63) is 12.4 Å². The lowest BCUT2D eigenvalue weighted by Crippen LogP contribution is -2.45. The summed E-state index contributed by atoms with van der Waals surface area (Å²) in [4.78, 5) is 11.4. The highest BCUT2D eigenvalue weighted by Crippen LogP contribution is 2.33. The van der Waals surface area contributed by atoms with Crippen molar-refractivity contribution in [2.75, 3.05) is 0 Å². The minimum absolute atomic E-state index is 0.113. The second-order valence-electron chi connectivity index (χ2n) is 5.19. The summed E-state index contributed by atoms with van der Waals surface area (Å²) in [5.41, 5.74) is 0. The summed E-state index contributed by atoms with van der Waals surface area (Å²) in [7, 11) is 0. The predicted octanol–water partition coefficient (Wildman–Crippen LogP) is 3.05. The molecule has 2 nitrogen and oxygen atoms in total. The van der Waals surface area contributed by atoms with Crippen molar-refractivity contribution in [1.29, 1.82) is 0 Å². The van der Waals surface area contributed by atoms with E-state index in [1.54, 1.807) is 0 Å². The summed E-state index contributed by atoms with van der Waals surface area (Å²) in [6.45, 7) is 6.48. The van der Waals surface area contributed by atoms with Crippen LogP contribution in [0.5, 0.6) is 0 Å². The van der Waals surface area contributed by atoms with Gasteiger partial charge in [-0.2, -0.15) is 0 Å². The Morgan fingerprint density at radius 3 is 2.81 bits per heavy atom. The van der Waals surface area contributed by atoms with Gasteiger partial charge >= 0.3 is 0 Å². The van der Waals surface area contributed by atoms with Gasteiger partial charge in [-0.05, 0) is 30.6 Å². The van der Waals surface area contributed by atoms with E-state index in [0.29, 0.717) is 23.8 Å². The van der Waals surface area contributed by atoms with Crippen LogP contribution in [-0.2, 0) is 4.79 Å². The van der Waals surface area contributed by atoms with Crippen LogP contribution in [0.1, 0.15) is 41.4 Å². The van der Waals surface area contributed by atoms with Gasteiger partial charge in [0.1, 0.15) is 0 Å². The maximum absolute atomic E-state index is 12.3. The van der Waals surface area contributed by atoms with Crippen molar-refractivity contribution in [1.82, 2.24) is 5.32 Å². The largest absolute Gasteiger partial charge is 0.349 e. The number of rotatable bonds is 3. The molecule has 3 heteroatoms. The van der Waals surface area contributed by atoms with E-state index >= 15 is 0 Å². The molecule has 0 aromatic heterocycles. The number of hydrogen-bond donors (Lipinski definition) is 1. The van der Waals surface area contributed by atoms with Gasteiger partial charge in [-0.25, -0.2) is 4.39 Å². The fourth-order valence-corrected chi connectivity index (χ4v) is 2.64. The normalized spacial score (nSPS) is 32.4. The van der Waals surface area contributed by atoms with Crippen molar-refractivity contribution < 1.29 is 10.6 Å². The lowest BCUT2D eigenvalue weighted by molar-refractivity contribution is -0.118. The molecule has 1 fully saturated rings. The van der Waals surface area contributed by atoms with Crippen molar-refractivity contribution in [2.24, 2.45) is 17.8 Å². The highest BCUT2D eigenvalue weighted by molar-refractivity contribution is 5.87. The van der Waals surface area contributed by atoms with Crippen LogP contribution in [0.25, 0.3) is 0 Å². The van der Waals surface area contributed by atoms with E-state index in [-0.39, 0.29) is 6.04 Å². The fraction of sp³-hybridized carbons (Fsp3) is 0.769. The van der Waals surface area contributed by atoms with Crippen molar-refractivity contribution in [3.63, 3.8) is 0 Å². The molecule has 1 saturated carbocycles. The van der Waals surface area contributed by atoms with Crippen LogP contribution in [0.15, 0.2) is 12.4 Å². The average molecular weight is 228 g/mol. The first-order chi connectivity index (χ1) is 7.90. The monoisotopic (exact) mass is 228 g/mol. The molecular weight excluding hydrogens is 205 g/mol. The Bertz CT molecular complexity index is 300. The number of carbonyl (C=O) groups is 1. The topological polar surface area (TPSA) is 29.1 Å². The molecule has 3 atom stereocenters. The third kappa shape index (κ3) is 3.62. The summed E-state index contributed by atoms with van der Waals surface area (Å²) >= 11 is 0. The fourth-order valence-electron chi connectivity index (χ4n) is 2.64. The maximum atomic E-state index is 12.3.